The average molecular weight is 301 g/mol. The van der Waals surface area contributed by atoms with Gasteiger partial charge in [-0.25, -0.2) is 8.42 Å². The highest BCUT2D eigenvalue weighted by Crippen LogP contribution is 2.15. The lowest BCUT2D eigenvalue weighted by Gasteiger charge is -2.17. The van der Waals surface area contributed by atoms with Crippen LogP contribution in [0, 0.1) is 43.5 Å². The zero-order chi connectivity index (χ0) is 15.9. The van der Waals surface area contributed by atoms with Crippen LogP contribution >= 0.6 is 0 Å². The molecular formula is C16H15NO3S. The minimum atomic E-state index is -3.73. The van der Waals surface area contributed by atoms with Crippen molar-refractivity contribution in [3.8, 4) is 36.5 Å². The van der Waals surface area contributed by atoms with Crippen LogP contribution in [-0.2, 0) is 10.0 Å². The third kappa shape index (κ3) is 4.67. The van der Waals surface area contributed by atoms with E-state index in [1.807, 2.05) is 12.8 Å². The third-order valence-corrected chi connectivity index (χ3v) is 4.38. The lowest BCUT2D eigenvalue weighted by Crippen LogP contribution is -2.32. The van der Waals surface area contributed by atoms with E-state index in [0.29, 0.717) is 0 Å². The van der Waals surface area contributed by atoms with Gasteiger partial charge in [-0.15, -0.1) is 12.8 Å². The summed E-state index contributed by atoms with van der Waals surface area (Å²) < 4.78 is 25.9. The van der Waals surface area contributed by atoms with Crippen molar-refractivity contribution in [2.24, 2.45) is 0 Å². The van der Waals surface area contributed by atoms with Crippen LogP contribution < -0.4 is 0 Å². The summed E-state index contributed by atoms with van der Waals surface area (Å²) in [6.45, 7) is 1.61. The molecule has 108 valence electrons. The predicted octanol–water partition coefficient (Wildman–Crippen LogP) is 0.616. The molecule has 0 aliphatic rings. The molecule has 0 aliphatic heterocycles. The van der Waals surface area contributed by atoms with Gasteiger partial charge in [0.1, 0.15) is 0 Å². The Bertz CT molecular complexity index is 725. The first-order valence-corrected chi connectivity index (χ1v) is 7.48. The van der Waals surface area contributed by atoms with Gasteiger partial charge in [0, 0.05) is 0 Å². The molecule has 0 amide bonds. The summed E-state index contributed by atoms with van der Waals surface area (Å²) in [6, 6.07) is 6.43. The molecule has 5 heteroatoms. The van der Waals surface area contributed by atoms with Crippen molar-refractivity contribution >= 4 is 10.0 Å². The number of nitrogens with zero attached hydrogens (tertiary/aromatic N) is 1. The largest absolute Gasteiger partial charge is 0.369 e. The molecule has 1 aromatic carbocycles. The Labute approximate surface area is 125 Å². The predicted molar refractivity (Wildman–Crippen MR) is 81.4 cm³/mol. The van der Waals surface area contributed by atoms with E-state index in [4.69, 9.17) is 18.0 Å². The van der Waals surface area contributed by atoms with Crippen LogP contribution in [0.4, 0.5) is 0 Å². The smallest absolute Gasteiger partial charge is 0.244 e. The zero-order valence-electron chi connectivity index (χ0n) is 11.6. The summed E-state index contributed by atoms with van der Waals surface area (Å²) in [4.78, 5) is 0.141. The molecule has 1 aromatic rings. The zero-order valence-corrected chi connectivity index (χ0v) is 12.4. The molecule has 0 heterocycles. The van der Waals surface area contributed by atoms with Crippen LogP contribution in [0.15, 0.2) is 29.2 Å². The highest BCUT2D eigenvalue weighted by molar-refractivity contribution is 7.89. The van der Waals surface area contributed by atoms with E-state index in [0.717, 1.165) is 9.87 Å². The van der Waals surface area contributed by atoms with Crippen molar-refractivity contribution in [3.05, 3.63) is 29.8 Å². The highest BCUT2D eigenvalue weighted by atomic mass is 32.2. The van der Waals surface area contributed by atoms with E-state index in [9.17, 15) is 8.42 Å². The number of aliphatic hydroxyl groups excluding tert-OH is 1. The van der Waals surface area contributed by atoms with Crippen molar-refractivity contribution in [2.75, 3.05) is 13.1 Å². The van der Waals surface area contributed by atoms with E-state index in [-0.39, 0.29) is 18.0 Å². The van der Waals surface area contributed by atoms with E-state index in [2.05, 4.69) is 17.8 Å². The monoisotopic (exact) mass is 301 g/mol. The van der Waals surface area contributed by atoms with Crippen LogP contribution in [0.2, 0.25) is 0 Å². The normalized spacial score (nSPS) is 11.9. The summed E-state index contributed by atoms with van der Waals surface area (Å²) in [7, 11) is -3.73. The molecule has 4 nitrogen and oxygen atoms in total. The number of benzene rings is 1. The third-order valence-electron chi connectivity index (χ3n) is 2.58. The lowest BCUT2D eigenvalue weighted by atomic mass is 10.2. The molecule has 0 aliphatic carbocycles. The summed E-state index contributed by atoms with van der Waals surface area (Å²) in [6.07, 6.45) is 8.95. The maximum atomic E-state index is 12.4. The molecule has 0 spiro atoms. The topological polar surface area (TPSA) is 57.6 Å². The molecule has 0 aromatic heterocycles. The number of hydrogen-bond acceptors (Lipinski definition) is 3. The maximum Gasteiger partial charge on any atom is 0.244 e. The van der Waals surface area contributed by atoms with E-state index >= 15 is 0 Å². The Morgan fingerprint density at radius 3 is 2.38 bits per heavy atom. The van der Waals surface area contributed by atoms with Crippen molar-refractivity contribution in [1.82, 2.24) is 4.31 Å². The van der Waals surface area contributed by atoms with Crippen molar-refractivity contribution < 1.29 is 13.5 Å². The van der Waals surface area contributed by atoms with Gasteiger partial charge in [0.15, 0.2) is 6.10 Å². The van der Waals surface area contributed by atoms with Gasteiger partial charge in [0.25, 0.3) is 0 Å². The SMILES string of the molecule is C#CCN(CC#CC(O)C#C)S(=O)(=O)c1ccc(C)cc1. The lowest BCUT2D eigenvalue weighted by molar-refractivity contribution is 0.289. The molecule has 21 heavy (non-hydrogen) atoms. The van der Waals surface area contributed by atoms with Crippen molar-refractivity contribution in [3.63, 3.8) is 0 Å². The standard InChI is InChI=1S/C16H15NO3S/c1-4-12-17(13-6-7-15(18)5-2)21(19,20)16-10-8-14(3)9-11-16/h1-2,8-11,15,18H,12-13H2,3H3. The van der Waals surface area contributed by atoms with Crippen LogP contribution in [-0.4, -0.2) is 37.0 Å². The van der Waals surface area contributed by atoms with Gasteiger partial charge >= 0.3 is 0 Å². The second kappa shape index (κ2) is 7.53. The van der Waals surface area contributed by atoms with Gasteiger partial charge < -0.3 is 5.11 Å². The molecule has 1 atom stereocenters. The van der Waals surface area contributed by atoms with Gasteiger partial charge in [-0.05, 0) is 19.1 Å². The molecule has 0 fully saturated rings. The Morgan fingerprint density at radius 1 is 1.24 bits per heavy atom. The van der Waals surface area contributed by atoms with Crippen molar-refractivity contribution in [2.45, 2.75) is 17.9 Å². The summed E-state index contributed by atoms with van der Waals surface area (Å²) in [5.74, 6) is 9.17. The molecule has 0 bridgehead atoms. The van der Waals surface area contributed by atoms with Gasteiger partial charge in [-0.3, -0.25) is 0 Å². The Hall–Kier alpha value is -2.23. The number of hydrogen-bond donors (Lipinski definition) is 1. The fraction of sp³-hybridized carbons (Fsp3) is 0.250. The first kappa shape index (κ1) is 16.8. The molecule has 0 saturated carbocycles. The van der Waals surface area contributed by atoms with E-state index in [1.165, 1.54) is 12.1 Å². The first-order valence-electron chi connectivity index (χ1n) is 6.04. The van der Waals surface area contributed by atoms with E-state index < -0.39 is 16.1 Å². The quantitative estimate of drug-likeness (QED) is 0.829. The molecule has 1 N–H and O–H groups in total. The van der Waals surface area contributed by atoms with Crippen LogP contribution in [0.25, 0.3) is 0 Å². The molecule has 0 saturated heterocycles. The number of aliphatic hydroxyl groups is 1. The number of aryl methyl sites for hydroxylation is 1. The molecule has 1 unspecified atom stereocenters. The Kier molecular flexibility index (Phi) is 6.03. The van der Waals surface area contributed by atoms with Crippen LogP contribution in [0.5, 0.6) is 0 Å². The van der Waals surface area contributed by atoms with E-state index in [1.54, 1.807) is 12.1 Å². The number of terminal acetylenes is 2. The van der Waals surface area contributed by atoms with Crippen LogP contribution in [0.1, 0.15) is 5.56 Å². The highest BCUT2D eigenvalue weighted by Gasteiger charge is 2.22. The number of rotatable bonds is 4. The first-order chi connectivity index (χ1) is 9.91. The van der Waals surface area contributed by atoms with Gasteiger partial charge in [0.2, 0.25) is 10.0 Å². The molecule has 0 radical (unpaired) electrons. The summed E-state index contributed by atoms with van der Waals surface area (Å²) in [5.41, 5.74) is 0.953. The van der Waals surface area contributed by atoms with Gasteiger partial charge in [-0.1, -0.05) is 41.4 Å². The van der Waals surface area contributed by atoms with Crippen LogP contribution in [0.3, 0.4) is 0 Å². The fourth-order valence-electron chi connectivity index (χ4n) is 1.46. The maximum absolute atomic E-state index is 12.4. The minimum Gasteiger partial charge on any atom is -0.369 e. The van der Waals surface area contributed by atoms with Crippen molar-refractivity contribution in [1.29, 1.82) is 0 Å². The summed E-state index contributed by atoms with van der Waals surface area (Å²) >= 11 is 0. The second-order valence-corrected chi connectivity index (χ2v) is 6.12. The average Bonchev–Trinajstić information content (AvgIpc) is 2.46. The van der Waals surface area contributed by atoms with Gasteiger partial charge in [0.05, 0.1) is 18.0 Å². The fourth-order valence-corrected chi connectivity index (χ4v) is 2.72. The Balaban J connectivity index is 3.03. The number of sulfonamides is 1. The Morgan fingerprint density at radius 2 is 1.86 bits per heavy atom. The summed E-state index contributed by atoms with van der Waals surface area (Å²) in [5, 5.41) is 9.13. The minimum absolute atomic E-state index is 0.114. The second-order valence-electron chi connectivity index (χ2n) is 4.18. The van der Waals surface area contributed by atoms with Gasteiger partial charge in [-0.2, -0.15) is 4.31 Å². The molecule has 1 rings (SSSR count). The molecular weight excluding hydrogens is 286 g/mol.